The first kappa shape index (κ1) is 24.1. The fourth-order valence-electron chi connectivity index (χ4n) is 3.80. The number of ether oxygens (including phenoxy) is 1. The van der Waals surface area contributed by atoms with Crippen LogP contribution < -0.4 is 16.0 Å². The highest BCUT2D eigenvalue weighted by atomic mass is 32.1. The van der Waals surface area contributed by atoms with Crippen molar-refractivity contribution in [2.24, 2.45) is 0 Å². The van der Waals surface area contributed by atoms with Gasteiger partial charge in [-0.1, -0.05) is 24.8 Å². The van der Waals surface area contributed by atoms with E-state index in [0.717, 1.165) is 78.4 Å². The van der Waals surface area contributed by atoms with Gasteiger partial charge in [-0.2, -0.15) is 0 Å². The lowest BCUT2D eigenvalue weighted by atomic mass is 10.1. The Morgan fingerprint density at radius 2 is 2.12 bits per heavy atom. The van der Waals surface area contributed by atoms with Gasteiger partial charge < -0.3 is 20.7 Å². The highest BCUT2D eigenvalue weighted by molar-refractivity contribution is 7.21. The Balaban J connectivity index is 1.51. The third-order valence-corrected chi connectivity index (χ3v) is 6.51. The monoisotopic (exact) mass is 481 g/mol. The number of morpholine rings is 1. The SMILES string of the molecule is C=CC(=O)NCCC(CC)Nc1cc(CN2CCOCC2)cc(Nc2nc3cccnc3s2)n1. The zero-order valence-electron chi connectivity index (χ0n) is 19.4. The van der Waals surface area contributed by atoms with Gasteiger partial charge in [0.05, 0.1) is 13.2 Å². The predicted octanol–water partition coefficient (Wildman–Crippen LogP) is 3.54. The molecule has 0 bridgehead atoms. The van der Waals surface area contributed by atoms with Crippen molar-refractivity contribution in [1.82, 2.24) is 25.2 Å². The van der Waals surface area contributed by atoms with Gasteiger partial charge in [0, 0.05) is 38.4 Å². The van der Waals surface area contributed by atoms with E-state index in [0.29, 0.717) is 6.54 Å². The summed E-state index contributed by atoms with van der Waals surface area (Å²) in [5.74, 6) is 1.38. The van der Waals surface area contributed by atoms with Gasteiger partial charge in [0.15, 0.2) is 5.13 Å². The highest BCUT2D eigenvalue weighted by Crippen LogP contribution is 2.27. The van der Waals surface area contributed by atoms with Crippen LogP contribution in [0, 0.1) is 0 Å². The number of anilines is 3. The highest BCUT2D eigenvalue weighted by Gasteiger charge is 2.15. The molecule has 180 valence electrons. The fourth-order valence-corrected chi connectivity index (χ4v) is 4.61. The molecule has 3 aromatic heterocycles. The van der Waals surface area contributed by atoms with Crippen LogP contribution in [0.4, 0.5) is 16.8 Å². The molecular formula is C24H31N7O2S. The van der Waals surface area contributed by atoms with E-state index in [-0.39, 0.29) is 11.9 Å². The maximum atomic E-state index is 11.5. The molecule has 1 amide bonds. The van der Waals surface area contributed by atoms with Gasteiger partial charge >= 0.3 is 0 Å². The quantitative estimate of drug-likeness (QED) is 0.357. The second-order valence-corrected chi connectivity index (χ2v) is 9.12. The van der Waals surface area contributed by atoms with Crippen LogP contribution in [0.1, 0.15) is 25.3 Å². The molecular weight excluding hydrogens is 450 g/mol. The largest absolute Gasteiger partial charge is 0.379 e. The molecule has 0 aromatic carbocycles. The molecule has 3 aromatic rings. The van der Waals surface area contributed by atoms with Gasteiger partial charge in [0.25, 0.3) is 0 Å². The average Bonchev–Trinajstić information content (AvgIpc) is 3.26. The Kier molecular flexibility index (Phi) is 8.40. The normalized spacial score (nSPS) is 15.1. The van der Waals surface area contributed by atoms with E-state index in [1.54, 1.807) is 6.20 Å². The summed E-state index contributed by atoms with van der Waals surface area (Å²) in [6.07, 6.45) is 4.76. The Morgan fingerprint density at radius 3 is 2.88 bits per heavy atom. The molecule has 1 unspecified atom stereocenters. The Labute approximate surface area is 203 Å². The van der Waals surface area contributed by atoms with Crippen molar-refractivity contribution in [3.05, 3.63) is 48.7 Å². The van der Waals surface area contributed by atoms with E-state index in [2.05, 4.69) is 56.5 Å². The lowest BCUT2D eigenvalue weighted by molar-refractivity contribution is -0.116. The number of amides is 1. The number of nitrogens with zero attached hydrogens (tertiary/aromatic N) is 4. The van der Waals surface area contributed by atoms with Crippen molar-refractivity contribution in [3.8, 4) is 0 Å². The summed E-state index contributed by atoms with van der Waals surface area (Å²) in [6, 6.07) is 8.20. The topological polar surface area (TPSA) is 104 Å². The molecule has 1 aliphatic rings. The fraction of sp³-hybridized carbons (Fsp3) is 0.417. The van der Waals surface area contributed by atoms with E-state index in [1.807, 2.05) is 12.1 Å². The first-order chi connectivity index (χ1) is 16.6. The number of hydrogen-bond donors (Lipinski definition) is 3. The number of hydrogen-bond acceptors (Lipinski definition) is 9. The molecule has 10 heteroatoms. The van der Waals surface area contributed by atoms with Crippen molar-refractivity contribution in [2.45, 2.75) is 32.4 Å². The summed E-state index contributed by atoms with van der Waals surface area (Å²) in [7, 11) is 0. The van der Waals surface area contributed by atoms with E-state index >= 15 is 0 Å². The molecule has 0 saturated carbocycles. The average molecular weight is 482 g/mol. The van der Waals surface area contributed by atoms with Crippen LogP contribution in [0.2, 0.25) is 0 Å². The van der Waals surface area contributed by atoms with E-state index in [1.165, 1.54) is 17.4 Å². The summed E-state index contributed by atoms with van der Waals surface area (Å²) >= 11 is 1.50. The molecule has 1 fully saturated rings. The van der Waals surface area contributed by atoms with E-state index in [9.17, 15) is 4.79 Å². The number of aromatic nitrogens is 3. The van der Waals surface area contributed by atoms with Crippen molar-refractivity contribution in [2.75, 3.05) is 43.5 Å². The van der Waals surface area contributed by atoms with Crippen LogP contribution in [0.3, 0.4) is 0 Å². The summed E-state index contributed by atoms with van der Waals surface area (Å²) in [5.41, 5.74) is 2.03. The van der Waals surface area contributed by atoms with Crippen molar-refractivity contribution in [3.63, 3.8) is 0 Å². The van der Waals surface area contributed by atoms with Crippen LogP contribution in [-0.4, -0.2) is 64.6 Å². The molecule has 9 nitrogen and oxygen atoms in total. The van der Waals surface area contributed by atoms with Gasteiger partial charge in [-0.3, -0.25) is 9.69 Å². The molecule has 0 radical (unpaired) electrons. The number of carbonyl (C=O) groups excluding carboxylic acids is 1. The second kappa shape index (κ2) is 11.9. The number of nitrogens with one attached hydrogen (secondary N) is 3. The Bertz CT molecular complexity index is 1080. The summed E-state index contributed by atoms with van der Waals surface area (Å²) in [5, 5.41) is 10.5. The minimum Gasteiger partial charge on any atom is -0.379 e. The summed E-state index contributed by atoms with van der Waals surface area (Å²) in [6.45, 7) is 10.4. The predicted molar refractivity (Wildman–Crippen MR) is 137 cm³/mol. The minimum absolute atomic E-state index is 0.155. The van der Waals surface area contributed by atoms with Crippen molar-refractivity contribution in [1.29, 1.82) is 0 Å². The van der Waals surface area contributed by atoms with Gasteiger partial charge in [-0.05, 0) is 48.7 Å². The standard InChI is InChI=1S/C24H31N7O2S/c1-3-18(7-9-25-22(32)4-2)27-20-14-17(16-31-10-12-33-13-11-31)15-21(29-20)30-24-28-19-6-5-8-26-23(19)34-24/h4-6,8,14-15,18H,2-3,7,9-13,16H2,1H3,(H,25,32)(H2,27,28,29,30). The molecule has 4 rings (SSSR count). The molecule has 0 aliphatic carbocycles. The van der Waals surface area contributed by atoms with Gasteiger partial charge in [-0.15, -0.1) is 0 Å². The molecule has 1 atom stereocenters. The molecule has 1 aliphatic heterocycles. The van der Waals surface area contributed by atoms with Crippen molar-refractivity contribution < 1.29 is 9.53 Å². The molecule has 1 saturated heterocycles. The molecule has 34 heavy (non-hydrogen) atoms. The molecule has 0 spiro atoms. The third kappa shape index (κ3) is 6.72. The maximum absolute atomic E-state index is 11.5. The molecule has 3 N–H and O–H groups in total. The Hall–Kier alpha value is -3.08. The van der Waals surface area contributed by atoms with Crippen LogP contribution in [0.15, 0.2) is 43.1 Å². The first-order valence-electron chi connectivity index (χ1n) is 11.6. The lowest BCUT2D eigenvalue weighted by Crippen LogP contribution is -2.35. The molecule has 4 heterocycles. The summed E-state index contributed by atoms with van der Waals surface area (Å²) in [4.78, 5) is 28.6. The number of fused-ring (bicyclic) bond motifs is 1. The third-order valence-electron chi connectivity index (χ3n) is 5.62. The number of thiazole rings is 1. The zero-order valence-corrected chi connectivity index (χ0v) is 20.2. The first-order valence-corrected chi connectivity index (χ1v) is 12.4. The van der Waals surface area contributed by atoms with Gasteiger partial charge in [-0.25, -0.2) is 15.0 Å². The van der Waals surface area contributed by atoms with Crippen LogP contribution in [-0.2, 0) is 16.1 Å². The van der Waals surface area contributed by atoms with Crippen LogP contribution >= 0.6 is 11.3 Å². The maximum Gasteiger partial charge on any atom is 0.243 e. The van der Waals surface area contributed by atoms with Crippen LogP contribution in [0.5, 0.6) is 0 Å². The second-order valence-electron chi connectivity index (χ2n) is 8.14. The number of rotatable bonds is 11. The summed E-state index contributed by atoms with van der Waals surface area (Å²) < 4.78 is 5.49. The van der Waals surface area contributed by atoms with Crippen LogP contribution in [0.25, 0.3) is 10.3 Å². The van der Waals surface area contributed by atoms with Crippen molar-refractivity contribution >= 4 is 44.4 Å². The Morgan fingerprint density at radius 1 is 1.29 bits per heavy atom. The smallest absolute Gasteiger partial charge is 0.243 e. The van der Waals surface area contributed by atoms with Gasteiger partial charge in [0.1, 0.15) is 22.0 Å². The lowest BCUT2D eigenvalue weighted by Gasteiger charge is -2.27. The number of pyridine rings is 2. The minimum atomic E-state index is -0.155. The van der Waals surface area contributed by atoms with Gasteiger partial charge in [0.2, 0.25) is 5.91 Å². The zero-order chi connectivity index (χ0) is 23.8. The number of carbonyl (C=O) groups is 1. The van der Waals surface area contributed by atoms with E-state index in [4.69, 9.17) is 9.72 Å². The van der Waals surface area contributed by atoms with E-state index < -0.39 is 0 Å².